The molecule has 3 rings (SSSR count). The summed E-state index contributed by atoms with van der Waals surface area (Å²) in [6, 6.07) is 13.2. The molecule has 7 nitrogen and oxygen atoms in total. The van der Waals surface area contributed by atoms with Crippen LogP contribution in [0.3, 0.4) is 0 Å². The number of nitriles is 1. The number of quaternary nitrogens is 1. The van der Waals surface area contributed by atoms with Crippen molar-refractivity contribution in [1.29, 1.82) is 5.26 Å². The van der Waals surface area contributed by atoms with Gasteiger partial charge in [0.15, 0.2) is 5.69 Å². The maximum atomic E-state index is 14.1. The summed E-state index contributed by atoms with van der Waals surface area (Å²) in [5.74, 6) is 0. The van der Waals surface area contributed by atoms with Crippen molar-refractivity contribution in [3.63, 3.8) is 0 Å². The number of aryl methyl sites for hydroxylation is 1. The Bertz CT molecular complexity index is 1050. The van der Waals surface area contributed by atoms with E-state index in [1.165, 1.54) is 11.8 Å². The van der Waals surface area contributed by atoms with Gasteiger partial charge in [0, 0.05) is 36.6 Å². The molecule has 0 N–H and O–H groups in total. The van der Waals surface area contributed by atoms with Crippen molar-refractivity contribution in [2.24, 2.45) is 0 Å². The fraction of sp³-hybridized carbons (Fsp3) is 0.480. The number of benzene rings is 1. The van der Waals surface area contributed by atoms with Crippen LogP contribution in [0.15, 0.2) is 47.5 Å². The highest BCUT2D eigenvalue weighted by atomic mass is 32.2. The summed E-state index contributed by atoms with van der Waals surface area (Å²) < 4.78 is 10.2. The summed E-state index contributed by atoms with van der Waals surface area (Å²) in [4.78, 5) is 18.1. The first-order valence-electron chi connectivity index (χ1n) is 10.9. The van der Waals surface area contributed by atoms with Crippen molar-refractivity contribution in [2.75, 3.05) is 6.61 Å². The Hall–Kier alpha value is -2.44. The first-order valence-corrected chi connectivity index (χ1v) is 11.8. The lowest BCUT2D eigenvalue weighted by Crippen LogP contribution is -2.63. The fourth-order valence-corrected chi connectivity index (χ4v) is 5.27. The molecule has 0 spiro atoms. The summed E-state index contributed by atoms with van der Waals surface area (Å²) in [5, 5.41) is 23.5. The van der Waals surface area contributed by atoms with E-state index >= 15 is 0 Å². The molecule has 1 aromatic carbocycles. The number of carbonyl (C=O) groups excluding carboxylic acids is 1. The molecule has 0 bridgehead atoms. The van der Waals surface area contributed by atoms with Crippen molar-refractivity contribution in [2.45, 2.75) is 75.5 Å². The molecule has 1 amide bonds. The third kappa shape index (κ3) is 5.39. The minimum atomic E-state index is -1.28. The minimum Gasteiger partial charge on any atom is -0.620 e. The maximum Gasteiger partial charge on any atom is 0.519 e. The smallest absolute Gasteiger partial charge is 0.519 e. The molecule has 2 aromatic rings. The Morgan fingerprint density at radius 2 is 2.06 bits per heavy atom. The van der Waals surface area contributed by atoms with E-state index in [9.17, 15) is 15.3 Å². The maximum absolute atomic E-state index is 14.1. The van der Waals surface area contributed by atoms with E-state index in [-0.39, 0.29) is 11.9 Å². The van der Waals surface area contributed by atoms with Crippen LogP contribution in [0.5, 0.6) is 0 Å². The van der Waals surface area contributed by atoms with E-state index in [4.69, 9.17) is 9.47 Å². The number of thioether (sulfide) groups is 1. The molecular weight excluding hydrogens is 438 g/mol. The molecule has 1 unspecified atom stereocenters. The topological polar surface area (TPSA) is 95.3 Å². The number of rotatable bonds is 5. The zero-order valence-electron chi connectivity index (χ0n) is 20.0. The molecule has 1 aliphatic rings. The lowest BCUT2D eigenvalue weighted by atomic mass is 10.0. The average molecular weight is 470 g/mol. The monoisotopic (exact) mass is 469 g/mol. The summed E-state index contributed by atoms with van der Waals surface area (Å²) in [5.41, 5.74) is 0.203. The van der Waals surface area contributed by atoms with Gasteiger partial charge >= 0.3 is 6.09 Å². The van der Waals surface area contributed by atoms with Crippen molar-refractivity contribution >= 4 is 17.9 Å². The number of ether oxygens (including phenoxy) is 2. The molecule has 2 heterocycles. The lowest BCUT2D eigenvalue weighted by molar-refractivity contribution is -0.884. The molecular formula is C25H31N3O4S. The van der Waals surface area contributed by atoms with Crippen LogP contribution >= 0.6 is 11.8 Å². The Labute approximate surface area is 199 Å². The number of hydrogen-bond donors (Lipinski definition) is 0. The molecule has 0 aliphatic carbocycles. The zero-order chi connectivity index (χ0) is 24.4. The Morgan fingerprint density at radius 1 is 1.39 bits per heavy atom. The molecule has 3 atom stereocenters. The molecule has 0 saturated carbocycles. The highest BCUT2D eigenvalue weighted by Crippen LogP contribution is 2.46. The normalized spacial score (nSPS) is 23.0. The molecule has 176 valence electrons. The highest BCUT2D eigenvalue weighted by Gasteiger charge is 2.58. The first kappa shape index (κ1) is 25.2. The van der Waals surface area contributed by atoms with Gasteiger partial charge in [-0.05, 0) is 44.9 Å². The van der Waals surface area contributed by atoms with Crippen LogP contribution in [0.1, 0.15) is 63.1 Å². The Balaban J connectivity index is 1.98. The van der Waals surface area contributed by atoms with Gasteiger partial charge in [-0.2, -0.15) is 10.1 Å². The fourth-order valence-electron chi connectivity index (χ4n) is 3.89. The van der Waals surface area contributed by atoms with E-state index in [0.717, 1.165) is 16.0 Å². The number of hydroxylamine groups is 3. The van der Waals surface area contributed by atoms with Crippen LogP contribution < -0.4 is 0 Å². The third-order valence-corrected chi connectivity index (χ3v) is 6.94. The van der Waals surface area contributed by atoms with Crippen LogP contribution in [-0.2, 0) is 9.47 Å². The van der Waals surface area contributed by atoms with Gasteiger partial charge in [0.2, 0.25) is 5.72 Å². The molecule has 8 heteroatoms. The molecule has 1 aromatic heterocycles. The van der Waals surface area contributed by atoms with Crippen molar-refractivity contribution in [3.8, 4) is 6.07 Å². The summed E-state index contributed by atoms with van der Waals surface area (Å²) in [6.45, 7) is 10.5. The highest BCUT2D eigenvalue weighted by molar-refractivity contribution is 7.99. The van der Waals surface area contributed by atoms with Crippen molar-refractivity contribution in [3.05, 3.63) is 64.6 Å². The summed E-state index contributed by atoms with van der Waals surface area (Å²) in [7, 11) is 0. The predicted octanol–water partition coefficient (Wildman–Crippen LogP) is 5.87. The van der Waals surface area contributed by atoms with Gasteiger partial charge in [0.25, 0.3) is 0 Å². The van der Waals surface area contributed by atoms with E-state index in [1.54, 1.807) is 40.8 Å². The second kappa shape index (κ2) is 9.43. The van der Waals surface area contributed by atoms with Gasteiger partial charge < -0.3 is 14.7 Å². The van der Waals surface area contributed by atoms with Gasteiger partial charge in [0.05, 0.1) is 0 Å². The molecule has 33 heavy (non-hydrogen) atoms. The third-order valence-electron chi connectivity index (χ3n) is 5.63. The second-order valence-electron chi connectivity index (χ2n) is 9.77. The standard InChI is InChI=1S/C25H31N3O4S/c1-17-12-22(20(14-26)27-15-17)33-21(18-10-8-7-9-11-18)13-19-16-31-25(5,6)28(19,30)23(29)32-24(2,3)4/h7-12,15,19,21H,13,16H2,1-6H3/t19-,21+,28?/m0/s1. The van der Waals surface area contributed by atoms with Crippen LogP contribution in [-0.4, -0.2) is 39.7 Å². The molecule has 1 aliphatic heterocycles. The zero-order valence-corrected chi connectivity index (χ0v) is 20.8. The number of aromatic nitrogens is 1. The van der Waals surface area contributed by atoms with Crippen LogP contribution in [0.25, 0.3) is 0 Å². The van der Waals surface area contributed by atoms with Gasteiger partial charge in [-0.1, -0.05) is 30.3 Å². The minimum absolute atomic E-state index is 0.136. The Morgan fingerprint density at radius 3 is 2.67 bits per heavy atom. The number of amides is 1. The largest absolute Gasteiger partial charge is 0.620 e. The number of nitrogens with zero attached hydrogens (tertiary/aromatic N) is 3. The second-order valence-corrected chi connectivity index (χ2v) is 11.0. The Kier molecular flexibility index (Phi) is 7.20. The SMILES string of the molecule is Cc1cnc(C#N)c(S[C@H](C[C@H]2COC(C)(C)[N+]2([O-])C(=O)OC(C)(C)C)c2ccccc2)c1. The summed E-state index contributed by atoms with van der Waals surface area (Å²) in [6.07, 6.45) is 1.18. The lowest BCUT2D eigenvalue weighted by Gasteiger charge is -2.47. The number of hydrogen-bond acceptors (Lipinski definition) is 7. The molecule has 1 saturated heterocycles. The molecule has 1 fully saturated rings. The van der Waals surface area contributed by atoms with E-state index < -0.39 is 28.1 Å². The van der Waals surface area contributed by atoms with Crippen LogP contribution in [0.4, 0.5) is 4.79 Å². The van der Waals surface area contributed by atoms with E-state index in [2.05, 4.69) is 11.1 Å². The van der Waals surface area contributed by atoms with Gasteiger partial charge in [-0.15, -0.1) is 11.8 Å². The average Bonchev–Trinajstić information content (AvgIpc) is 2.97. The quantitative estimate of drug-likeness (QED) is 0.307. The number of pyridine rings is 1. The van der Waals surface area contributed by atoms with Gasteiger partial charge in [-0.25, -0.2) is 9.63 Å². The van der Waals surface area contributed by atoms with Crippen LogP contribution in [0.2, 0.25) is 0 Å². The van der Waals surface area contributed by atoms with E-state index in [0.29, 0.717) is 12.1 Å². The van der Waals surface area contributed by atoms with Gasteiger partial charge in [-0.3, -0.25) is 0 Å². The number of carbonyl (C=O) groups is 1. The molecule has 0 radical (unpaired) electrons. The predicted molar refractivity (Wildman–Crippen MR) is 127 cm³/mol. The van der Waals surface area contributed by atoms with E-state index in [1.807, 2.05) is 43.3 Å². The summed E-state index contributed by atoms with van der Waals surface area (Å²) >= 11 is 1.48. The van der Waals surface area contributed by atoms with Crippen LogP contribution in [0, 0.1) is 23.5 Å². The first-order chi connectivity index (χ1) is 15.4. The van der Waals surface area contributed by atoms with Gasteiger partial charge in [0.1, 0.15) is 24.3 Å². The van der Waals surface area contributed by atoms with Crippen molar-refractivity contribution < 1.29 is 18.9 Å². The van der Waals surface area contributed by atoms with Crippen molar-refractivity contribution in [1.82, 2.24) is 4.98 Å².